The second-order valence-electron chi connectivity index (χ2n) is 5.59. The number of nitrogens with zero attached hydrogens (tertiary/aromatic N) is 2. The monoisotopic (exact) mass is 269 g/mol. The maximum Gasteiger partial charge on any atom is 0.193 e. The van der Waals surface area contributed by atoms with Crippen LogP contribution in [0.25, 0.3) is 0 Å². The van der Waals surface area contributed by atoms with Gasteiger partial charge in [-0.1, -0.05) is 0 Å². The lowest BCUT2D eigenvalue weighted by Crippen LogP contribution is -2.43. The number of nitrogens with one attached hydrogen (secondary N) is 1. The van der Waals surface area contributed by atoms with Crippen molar-refractivity contribution >= 4 is 5.96 Å². The average Bonchev–Trinajstić information content (AvgIpc) is 2.93. The standard InChI is InChI=1S/C14H27N3O2/c1-15-14(16-9-12-3-6-18-7-4-12)17(2)10-13-5-8-19-11-13/h12-13H,3-11H2,1-2H3,(H,15,16). The van der Waals surface area contributed by atoms with Crippen LogP contribution in [0.15, 0.2) is 4.99 Å². The molecule has 0 spiro atoms. The smallest absolute Gasteiger partial charge is 0.193 e. The van der Waals surface area contributed by atoms with Gasteiger partial charge >= 0.3 is 0 Å². The summed E-state index contributed by atoms with van der Waals surface area (Å²) >= 11 is 0. The molecule has 19 heavy (non-hydrogen) atoms. The highest BCUT2D eigenvalue weighted by Gasteiger charge is 2.20. The van der Waals surface area contributed by atoms with Gasteiger partial charge < -0.3 is 19.7 Å². The zero-order valence-electron chi connectivity index (χ0n) is 12.2. The Hall–Kier alpha value is -0.810. The summed E-state index contributed by atoms with van der Waals surface area (Å²) < 4.78 is 10.8. The SMILES string of the molecule is CN=C(NCC1CCOCC1)N(C)CC1CCOC1. The fraction of sp³-hybridized carbons (Fsp3) is 0.929. The molecule has 5 nitrogen and oxygen atoms in total. The van der Waals surface area contributed by atoms with E-state index in [1.54, 1.807) is 0 Å². The summed E-state index contributed by atoms with van der Waals surface area (Å²) in [4.78, 5) is 6.59. The van der Waals surface area contributed by atoms with Crippen LogP contribution in [-0.2, 0) is 9.47 Å². The van der Waals surface area contributed by atoms with Crippen molar-refractivity contribution in [3.8, 4) is 0 Å². The Balaban J connectivity index is 1.72. The number of hydrogen-bond donors (Lipinski definition) is 1. The van der Waals surface area contributed by atoms with Crippen molar-refractivity contribution in [2.75, 3.05) is 53.6 Å². The number of aliphatic imine (C=N–C) groups is 1. The number of rotatable bonds is 4. The summed E-state index contributed by atoms with van der Waals surface area (Å²) in [6.07, 6.45) is 3.48. The predicted molar refractivity (Wildman–Crippen MR) is 76.5 cm³/mol. The molecular weight excluding hydrogens is 242 g/mol. The fourth-order valence-corrected chi connectivity index (χ4v) is 2.77. The Labute approximate surface area is 116 Å². The number of ether oxygens (including phenoxy) is 2. The highest BCUT2D eigenvalue weighted by molar-refractivity contribution is 5.79. The third kappa shape index (κ3) is 4.66. The Bertz CT molecular complexity index is 284. The van der Waals surface area contributed by atoms with Gasteiger partial charge in [-0.25, -0.2) is 0 Å². The van der Waals surface area contributed by atoms with Crippen molar-refractivity contribution in [2.45, 2.75) is 19.3 Å². The van der Waals surface area contributed by atoms with Gasteiger partial charge in [-0.15, -0.1) is 0 Å². The molecule has 0 saturated carbocycles. The third-order valence-electron chi connectivity index (χ3n) is 4.02. The Kier molecular flexibility index (Phi) is 5.92. The van der Waals surface area contributed by atoms with Gasteiger partial charge in [0.2, 0.25) is 0 Å². The molecule has 1 atom stereocenters. The normalized spacial score (nSPS) is 25.6. The van der Waals surface area contributed by atoms with Gasteiger partial charge in [0.25, 0.3) is 0 Å². The average molecular weight is 269 g/mol. The molecule has 0 aromatic rings. The molecule has 0 bridgehead atoms. The van der Waals surface area contributed by atoms with Crippen LogP contribution in [0.4, 0.5) is 0 Å². The second kappa shape index (κ2) is 7.70. The van der Waals surface area contributed by atoms with Crippen molar-refractivity contribution in [1.82, 2.24) is 10.2 Å². The largest absolute Gasteiger partial charge is 0.381 e. The van der Waals surface area contributed by atoms with Crippen molar-refractivity contribution < 1.29 is 9.47 Å². The van der Waals surface area contributed by atoms with Crippen molar-refractivity contribution in [3.63, 3.8) is 0 Å². The van der Waals surface area contributed by atoms with Crippen LogP contribution in [-0.4, -0.2) is 64.5 Å². The molecule has 2 heterocycles. The van der Waals surface area contributed by atoms with E-state index in [4.69, 9.17) is 9.47 Å². The fourth-order valence-electron chi connectivity index (χ4n) is 2.77. The zero-order chi connectivity index (χ0) is 13.5. The van der Waals surface area contributed by atoms with Gasteiger partial charge in [-0.2, -0.15) is 0 Å². The molecule has 0 aromatic carbocycles. The van der Waals surface area contributed by atoms with Crippen LogP contribution in [0, 0.1) is 11.8 Å². The van der Waals surface area contributed by atoms with Gasteiger partial charge in [0.05, 0.1) is 6.61 Å². The van der Waals surface area contributed by atoms with E-state index in [1.807, 2.05) is 7.05 Å². The Morgan fingerprint density at radius 3 is 2.47 bits per heavy atom. The third-order valence-corrected chi connectivity index (χ3v) is 4.02. The van der Waals surface area contributed by atoms with Crippen molar-refractivity contribution in [1.29, 1.82) is 0 Å². The summed E-state index contributed by atoms with van der Waals surface area (Å²) in [6, 6.07) is 0. The van der Waals surface area contributed by atoms with E-state index in [-0.39, 0.29) is 0 Å². The van der Waals surface area contributed by atoms with E-state index in [0.29, 0.717) is 11.8 Å². The zero-order valence-corrected chi connectivity index (χ0v) is 12.2. The summed E-state index contributed by atoms with van der Waals surface area (Å²) in [5, 5.41) is 3.49. The molecule has 2 fully saturated rings. The predicted octanol–water partition coefficient (Wildman–Crippen LogP) is 0.957. The first-order valence-electron chi connectivity index (χ1n) is 7.37. The van der Waals surface area contributed by atoms with Crippen LogP contribution >= 0.6 is 0 Å². The van der Waals surface area contributed by atoms with Crippen LogP contribution in [0.2, 0.25) is 0 Å². The van der Waals surface area contributed by atoms with Gasteiger partial charge in [-0.05, 0) is 25.2 Å². The lowest BCUT2D eigenvalue weighted by molar-refractivity contribution is 0.0673. The molecule has 0 amide bonds. The highest BCUT2D eigenvalue weighted by Crippen LogP contribution is 2.15. The molecule has 0 aliphatic carbocycles. The minimum absolute atomic E-state index is 0.645. The topological polar surface area (TPSA) is 46.1 Å². The Morgan fingerprint density at radius 1 is 1.16 bits per heavy atom. The molecule has 2 aliphatic heterocycles. The molecule has 1 unspecified atom stereocenters. The number of guanidine groups is 1. The van der Waals surface area contributed by atoms with Crippen LogP contribution in [0.3, 0.4) is 0 Å². The van der Waals surface area contributed by atoms with Crippen LogP contribution in [0.5, 0.6) is 0 Å². The summed E-state index contributed by atoms with van der Waals surface area (Å²) in [5.74, 6) is 2.36. The van der Waals surface area contributed by atoms with Crippen molar-refractivity contribution in [2.24, 2.45) is 16.8 Å². The molecule has 2 aliphatic rings. The molecular formula is C14H27N3O2. The van der Waals surface area contributed by atoms with E-state index < -0.39 is 0 Å². The molecule has 0 radical (unpaired) electrons. The first-order valence-corrected chi connectivity index (χ1v) is 7.37. The lowest BCUT2D eigenvalue weighted by atomic mass is 10.0. The molecule has 110 valence electrons. The molecule has 2 saturated heterocycles. The molecule has 1 N–H and O–H groups in total. The summed E-state index contributed by atoms with van der Waals surface area (Å²) in [7, 11) is 3.96. The number of hydrogen-bond acceptors (Lipinski definition) is 3. The molecule has 0 aromatic heterocycles. The minimum Gasteiger partial charge on any atom is -0.381 e. The van der Waals surface area contributed by atoms with Gasteiger partial charge in [0, 0.05) is 52.9 Å². The van der Waals surface area contributed by atoms with E-state index >= 15 is 0 Å². The summed E-state index contributed by atoms with van der Waals surface area (Å²) in [6.45, 7) is 5.63. The van der Waals surface area contributed by atoms with E-state index in [0.717, 1.165) is 58.3 Å². The van der Waals surface area contributed by atoms with Gasteiger partial charge in [-0.3, -0.25) is 4.99 Å². The first-order chi connectivity index (χ1) is 9.29. The van der Waals surface area contributed by atoms with Gasteiger partial charge in [0.1, 0.15) is 0 Å². The first kappa shape index (κ1) is 14.6. The molecule has 2 rings (SSSR count). The maximum absolute atomic E-state index is 5.43. The summed E-state index contributed by atoms with van der Waals surface area (Å²) in [5.41, 5.74) is 0. The Morgan fingerprint density at radius 2 is 1.84 bits per heavy atom. The molecule has 5 heteroatoms. The van der Waals surface area contributed by atoms with E-state index in [2.05, 4.69) is 22.3 Å². The van der Waals surface area contributed by atoms with E-state index in [9.17, 15) is 0 Å². The second-order valence-corrected chi connectivity index (χ2v) is 5.59. The maximum atomic E-state index is 5.43. The van der Waals surface area contributed by atoms with Crippen molar-refractivity contribution in [3.05, 3.63) is 0 Å². The van der Waals surface area contributed by atoms with Crippen LogP contribution in [0.1, 0.15) is 19.3 Å². The van der Waals surface area contributed by atoms with Gasteiger partial charge in [0.15, 0.2) is 5.96 Å². The lowest BCUT2D eigenvalue weighted by Gasteiger charge is -2.27. The van der Waals surface area contributed by atoms with Crippen LogP contribution < -0.4 is 5.32 Å². The highest BCUT2D eigenvalue weighted by atomic mass is 16.5. The minimum atomic E-state index is 0.645. The van der Waals surface area contributed by atoms with E-state index in [1.165, 1.54) is 6.42 Å². The quantitative estimate of drug-likeness (QED) is 0.610.